The Morgan fingerprint density at radius 2 is 1.90 bits per heavy atom. The predicted octanol–water partition coefficient (Wildman–Crippen LogP) is 2.58. The third-order valence-corrected chi connectivity index (χ3v) is 3.93. The van der Waals surface area contributed by atoms with Crippen LogP contribution in [0.3, 0.4) is 0 Å². The van der Waals surface area contributed by atoms with Crippen LogP contribution in [0.4, 0.5) is 0 Å². The SMILES string of the molecule is c1ccc(-n2cnnc2-c2ccc3c(c2)CNCC3)cc1. The smallest absolute Gasteiger partial charge is 0.168 e. The Morgan fingerprint density at radius 3 is 2.81 bits per heavy atom. The fourth-order valence-electron chi connectivity index (χ4n) is 2.83. The normalized spacial score (nSPS) is 13.9. The molecule has 3 aromatic rings. The highest BCUT2D eigenvalue weighted by atomic mass is 15.3. The van der Waals surface area contributed by atoms with E-state index in [0.29, 0.717) is 0 Å². The molecule has 0 saturated carbocycles. The summed E-state index contributed by atoms with van der Waals surface area (Å²) in [5, 5.41) is 11.8. The molecule has 1 aliphatic rings. The average Bonchev–Trinajstić information content (AvgIpc) is 3.05. The molecule has 1 aliphatic heterocycles. The lowest BCUT2D eigenvalue weighted by atomic mass is 9.98. The summed E-state index contributed by atoms with van der Waals surface area (Å²) in [7, 11) is 0. The number of benzene rings is 2. The number of nitrogens with zero attached hydrogens (tertiary/aromatic N) is 3. The average molecular weight is 276 g/mol. The molecule has 0 unspecified atom stereocenters. The van der Waals surface area contributed by atoms with Crippen molar-refractivity contribution in [3.05, 3.63) is 66.0 Å². The van der Waals surface area contributed by atoms with Crippen LogP contribution in [0.1, 0.15) is 11.1 Å². The van der Waals surface area contributed by atoms with Crippen LogP contribution in [0, 0.1) is 0 Å². The van der Waals surface area contributed by atoms with Crippen molar-refractivity contribution in [3.63, 3.8) is 0 Å². The quantitative estimate of drug-likeness (QED) is 0.782. The van der Waals surface area contributed by atoms with Gasteiger partial charge in [-0.25, -0.2) is 0 Å². The van der Waals surface area contributed by atoms with Gasteiger partial charge in [0.1, 0.15) is 6.33 Å². The molecule has 0 saturated heterocycles. The van der Waals surface area contributed by atoms with E-state index in [0.717, 1.165) is 36.6 Å². The standard InChI is InChI=1S/C17H16N4/c1-2-4-16(5-3-1)21-12-19-20-17(21)14-7-6-13-8-9-18-11-15(13)10-14/h1-7,10,12,18H,8-9,11H2. The molecule has 4 nitrogen and oxygen atoms in total. The molecule has 2 heterocycles. The molecule has 0 bridgehead atoms. The molecule has 2 aromatic carbocycles. The number of rotatable bonds is 2. The molecule has 0 radical (unpaired) electrons. The monoisotopic (exact) mass is 276 g/mol. The third-order valence-electron chi connectivity index (χ3n) is 3.93. The van der Waals surface area contributed by atoms with Gasteiger partial charge in [-0.2, -0.15) is 0 Å². The topological polar surface area (TPSA) is 42.7 Å². The molecular weight excluding hydrogens is 260 g/mol. The van der Waals surface area contributed by atoms with Gasteiger partial charge in [-0.05, 0) is 42.3 Å². The fraction of sp³-hybridized carbons (Fsp3) is 0.176. The minimum absolute atomic E-state index is 0.884. The first-order valence-corrected chi connectivity index (χ1v) is 7.20. The summed E-state index contributed by atoms with van der Waals surface area (Å²) >= 11 is 0. The molecule has 0 atom stereocenters. The first-order chi connectivity index (χ1) is 10.4. The van der Waals surface area contributed by atoms with E-state index in [4.69, 9.17) is 0 Å². The zero-order valence-corrected chi connectivity index (χ0v) is 11.7. The van der Waals surface area contributed by atoms with Crippen molar-refractivity contribution in [2.24, 2.45) is 0 Å². The van der Waals surface area contributed by atoms with Gasteiger partial charge < -0.3 is 5.32 Å². The van der Waals surface area contributed by atoms with Gasteiger partial charge in [0, 0.05) is 17.8 Å². The van der Waals surface area contributed by atoms with Crippen molar-refractivity contribution in [1.82, 2.24) is 20.1 Å². The molecule has 4 rings (SSSR count). The van der Waals surface area contributed by atoms with Crippen LogP contribution in [0.2, 0.25) is 0 Å². The van der Waals surface area contributed by atoms with E-state index in [1.54, 1.807) is 6.33 Å². The van der Waals surface area contributed by atoms with Crippen molar-refractivity contribution < 1.29 is 0 Å². The van der Waals surface area contributed by atoms with Crippen LogP contribution in [0.25, 0.3) is 17.1 Å². The highest BCUT2D eigenvalue weighted by Gasteiger charge is 2.13. The number of nitrogens with one attached hydrogen (secondary N) is 1. The molecule has 21 heavy (non-hydrogen) atoms. The summed E-state index contributed by atoms with van der Waals surface area (Å²) in [4.78, 5) is 0. The van der Waals surface area contributed by atoms with Gasteiger partial charge in [0.05, 0.1) is 0 Å². The molecule has 0 spiro atoms. The molecule has 0 aliphatic carbocycles. The Bertz CT molecular complexity index is 761. The maximum absolute atomic E-state index is 4.30. The van der Waals surface area contributed by atoms with Gasteiger partial charge in [-0.3, -0.25) is 4.57 Å². The predicted molar refractivity (Wildman–Crippen MR) is 82.2 cm³/mol. The minimum Gasteiger partial charge on any atom is -0.312 e. The summed E-state index contributed by atoms with van der Waals surface area (Å²) in [6, 6.07) is 16.8. The Hall–Kier alpha value is -2.46. The molecule has 0 amide bonds. The second-order valence-electron chi connectivity index (χ2n) is 5.27. The van der Waals surface area contributed by atoms with Crippen LogP contribution in [-0.2, 0) is 13.0 Å². The molecule has 104 valence electrons. The third kappa shape index (κ3) is 2.23. The maximum atomic E-state index is 4.30. The zero-order valence-electron chi connectivity index (χ0n) is 11.7. The zero-order chi connectivity index (χ0) is 14.1. The number of para-hydroxylation sites is 1. The van der Waals surface area contributed by atoms with Gasteiger partial charge in [-0.1, -0.05) is 30.3 Å². The summed E-state index contributed by atoms with van der Waals surface area (Å²) in [5.74, 6) is 0.884. The van der Waals surface area contributed by atoms with Crippen molar-refractivity contribution in [2.75, 3.05) is 6.54 Å². The molecule has 1 N–H and O–H groups in total. The second-order valence-corrected chi connectivity index (χ2v) is 5.27. The lowest BCUT2D eigenvalue weighted by Crippen LogP contribution is -2.23. The number of aromatic nitrogens is 3. The van der Waals surface area contributed by atoms with Crippen LogP contribution >= 0.6 is 0 Å². The van der Waals surface area contributed by atoms with Crippen molar-refractivity contribution >= 4 is 0 Å². The van der Waals surface area contributed by atoms with E-state index in [1.807, 2.05) is 22.8 Å². The molecular formula is C17H16N4. The van der Waals surface area contributed by atoms with Crippen molar-refractivity contribution in [1.29, 1.82) is 0 Å². The lowest BCUT2D eigenvalue weighted by Gasteiger charge is -2.17. The summed E-state index contributed by atoms with van der Waals surface area (Å²) in [6.45, 7) is 2.00. The van der Waals surface area contributed by atoms with Crippen LogP contribution < -0.4 is 5.32 Å². The van der Waals surface area contributed by atoms with Gasteiger partial charge in [0.15, 0.2) is 5.82 Å². The highest BCUT2D eigenvalue weighted by Crippen LogP contribution is 2.24. The summed E-state index contributed by atoms with van der Waals surface area (Å²) in [6.07, 6.45) is 2.86. The summed E-state index contributed by atoms with van der Waals surface area (Å²) in [5.41, 5.74) is 4.98. The van der Waals surface area contributed by atoms with E-state index in [9.17, 15) is 0 Å². The fourth-order valence-corrected chi connectivity index (χ4v) is 2.83. The number of hydrogen-bond donors (Lipinski definition) is 1. The largest absolute Gasteiger partial charge is 0.312 e. The van der Waals surface area contributed by atoms with Gasteiger partial charge >= 0.3 is 0 Å². The van der Waals surface area contributed by atoms with E-state index in [2.05, 4.69) is 45.8 Å². The molecule has 0 fully saturated rings. The Kier molecular flexibility index (Phi) is 3.01. The van der Waals surface area contributed by atoms with Crippen LogP contribution in [-0.4, -0.2) is 21.3 Å². The summed E-state index contributed by atoms with van der Waals surface area (Å²) < 4.78 is 2.03. The van der Waals surface area contributed by atoms with E-state index in [1.165, 1.54) is 11.1 Å². The van der Waals surface area contributed by atoms with Gasteiger partial charge in [0.25, 0.3) is 0 Å². The highest BCUT2D eigenvalue weighted by molar-refractivity contribution is 5.60. The first-order valence-electron chi connectivity index (χ1n) is 7.20. The Morgan fingerprint density at radius 1 is 1.00 bits per heavy atom. The Balaban J connectivity index is 1.80. The molecule has 4 heteroatoms. The van der Waals surface area contributed by atoms with Crippen LogP contribution in [0.5, 0.6) is 0 Å². The maximum Gasteiger partial charge on any atom is 0.168 e. The minimum atomic E-state index is 0.884. The number of hydrogen-bond acceptors (Lipinski definition) is 3. The number of fused-ring (bicyclic) bond motifs is 1. The van der Waals surface area contributed by atoms with Crippen molar-refractivity contribution in [2.45, 2.75) is 13.0 Å². The molecule has 1 aromatic heterocycles. The lowest BCUT2D eigenvalue weighted by molar-refractivity contribution is 0.644. The van der Waals surface area contributed by atoms with E-state index < -0.39 is 0 Å². The van der Waals surface area contributed by atoms with E-state index in [-0.39, 0.29) is 0 Å². The first kappa shape index (κ1) is 12.3. The second kappa shape index (κ2) is 5.14. The van der Waals surface area contributed by atoms with Crippen molar-refractivity contribution in [3.8, 4) is 17.1 Å². The van der Waals surface area contributed by atoms with Crippen LogP contribution in [0.15, 0.2) is 54.9 Å². The van der Waals surface area contributed by atoms with E-state index >= 15 is 0 Å². The van der Waals surface area contributed by atoms with Gasteiger partial charge in [-0.15, -0.1) is 10.2 Å². The van der Waals surface area contributed by atoms with Gasteiger partial charge in [0.2, 0.25) is 0 Å². The Labute approximate surface area is 123 Å².